The summed E-state index contributed by atoms with van der Waals surface area (Å²) >= 11 is 0. The van der Waals surface area contributed by atoms with Crippen molar-refractivity contribution in [2.24, 2.45) is 5.73 Å². The van der Waals surface area contributed by atoms with Crippen LogP contribution in [0.1, 0.15) is 18.5 Å². The van der Waals surface area contributed by atoms with Crippen LogP contribution in [0.25, 0.3) is 0 Å². The molecule has 4 heteroatoms. The van der Waals surface area contributed by atoms with E-state index in [1.165, 1.54) is 0 Å². The molecule has 0 aromatic heterocycles. The summed E-state index contributed by atoms with van der Waals surface area (Å²) in [4.78, 5) is 11.6. The molecule has 1 aromatic rings. The Hall–Kier alpha value is -1.39. The van der Waals surface area contributed by atoms with Gasteiger partial charge in [0.05, 0.1) is 6.61 Å². The molecule has 0 saturated heterocycles. The molecular formula is C12H17NO3. The van der Waals surface area contributed by atoms with Crippen LogP contribution >= 0.6 is 0 Å². The van der Waals surface area contributed by atoms with E-state index in [9.17, 15) is 4.79 Å². The third-order valence-electron chi connectivity index (χ3n) is 2.13. The topological polar surface area (TPSA) is 61.5 Å². The second kappa shape index (κ2) is 6.25. The number of hydrogen-bond donors (Lipinski definition) is 1. The molecule has 0 aliphatic heterocycles. The van der Waals surface area contributed by atoms with Gasteiger partial charge in [-0.1, -0.05) is 30.3 Å². The highest BCUT2D eigenvalue weighted by atomic mass is 16.6. The molecule has 0 saturated carbocycles. The van der Waals surface area contributed by atoms with E-state index in [1.54, 1.807) is 26.2 Å². The molecule has 2 atom stereocenters. The number of carbonyl (C=O) groups excluding carboxylic acids is 1. The third-order valence-corrected chi connectivity index (χ3v) is 2.13. The Balaban J connectivity index is 2.55. The zero-order valence-corrected chi connectivity index (χ0v) is 9.55. The van der Waals surface area contributed by atoms with E-state index in [1.807, 2.05) is 18.2 Å². The summed E-state index contributed by atoms with van der Waals surface area (Å²) in [6.45, 7) is 2.13. The van der Waals surface area contributed by atoms with Crippen molar-refractivity contribution in [3.63, 3.8) is 0 Å². The van der Waals surface area contributed by atoms with Gasteiger partial charge in [0.2, 0.25) is 0 Å². The van der Waals surface area contributed by atoms with E-state index >= 15 is 0 Å². The minimum atomic E-state index is -0.736. The number of carbonyl (C=O) groups is 1. The van der Waals surface area contributed by atoms with Crippen molar-refractivity contribution >= 4 is 5.97 Å². The van der Waals surface area contributed by atoms with Crippen molar-refractivity contribution in [2.75, 3.05) is 13.7 Å². The largest absolute Gasteiger partial charge is 0.459 e. The first-order chi connectivity index (χ1) is 7.65. The van der Waals surface area contributed by atoms with Crippen molar-refractivity contribution in [3.05, 3.63) is 35.9 Å². The van der Waals surface area contributed by atoms with E-state index in [0.717, 1.165) is 5.56 Å². The van der Waals surface area contributed by atoms with Gasteiger partial charge in [-0.05, 0) is 12.5 Å². The van der Waals surface area contributed by atoms with E-state index in [4.69, 9.17) is 15.2 Å². The molecule has 88 valence electrons. The standard InChI is InChI=1S/C12H17NO3/c1-9(8-15-2)16-12(14)11(13)10-6-4-3-5-7-10/h3-7,9,11H,8,13H2,1-2H3. The number of nitrogens with two attached hydrogens (primary N) is 1. The minimum absolute atomic E-state index is 0.285. The minimum Gasteiger partial charge on any atom is -0.459 e. The van der Waals surface area contributed by atoms with Crippen molar-refractivity contribution in [1.29, 1.82) is 0 Å². The summed E-state index contributed by atoms with van der Waals surface area (Å²) < 4.78 is 9.99. The fraction of sp³-hybridized carbons (Fsp3) is 0.417. The number of rotatable bonds is 5. The third kappa shape index (κ3) is 3.64. The van der Waals surface area contributed by atoms with Crippen LogP contribution in [0.5, 0.6) is 0 Å². The van der Waals surface area contributed by atoms with Crippen LogP contribution in [0, 0.1) is 0 Å². The molecule has 1 rings (SSSR count). The molecule has 16 heavy (non-hydrogen) atoms. The number of hydrogen-bond acceptors (Lipinski definition) is 4. The highest BCUT2D eigenvalue weighted by Crippen LogP contribution is 2.12. The average Bonchev–Trinajstić information content (AvgIpc) is 2.29. The second-order valence-electron chi connectivity index (χ2n) is 3.59. The first-order valence-corrected chi connectivity index (χ1v) is 5.15. The lowest BCUT2D eigenvalue weighted by Gasteiger charge is -2.16. The Bertz CT molecular complexity index is 326. The average molecular weight is 223 g/mol. The Morgan fingerprint density at radius 2 is 2.00 bits per heavy atom. The van der Waals surface area contributed by atoms with Crippen molar-refractivity contribution < 1.29 is 14.3 Å². The molecule has 0 aliphatic rings. The number of benzene rings is 1. The Labute approximate surface area is 95.3 Å². The molecule has 2 N–H and O–H groups in total. The first kappa shape index (κ1) is 12.7. The van der Waals surface area contributed by atoms with Gasteiger partial charge in [0.1, 0.15) is 12.1 Å². The molecule has 1 aromatic carbocycles. The van der Waals surface area contributed by atoms with Gasteiger partial charge in [-0.3, -0.25) is 0 Å². The van der Waals surface area contributed by atoms with Crippen LogP contribution in [0.4, 0.5) is 0 Å². The molecular weight excluding hydrogens is 206 g/mol. The van der Waals surface area contributed by atoms with Crippen LogP contribution in [0.3, 0.4) is 0 Å². The zero-order chi connectivity index (χ0) is 12.0. The Morgan fingerprint density at radius 1 is 1.38 bits per heavy atom. The van der Waals surface area contributed by atoms with Crippen LogP contribution in [0.15, 0.2) is 30.3 Å². The van der Waals surface area contributed by atoms with Crippen LogP contribution in [-0.4, -0.2) is 25.8 Å². The van der Waals surface area contributed by atoms with E-state index in [-0.39, 0.29) is 6.10 Å². The summed E-state index contributed by atoms with van der Waals surface area (Å²) in [5.41, 5.74) is 6.51. The van der Waals surface area contributed by atoms with E-state index < -0.39 is 12.0 Å². The van der Waals surface area contributed by atoms with Gasteiger partial charge in [0.15, 0.2) is 0 Å². The highest BCUT2D eigenvalue weighted by molar-refractivity contribution is 5.77. The van der Waals surface area contributed by atoms with E-state index in [2.05, 4.69) is 0 Å². The summed E-state index contributed by atoms with van der Waals surface area (Å²) in [5, 5.41) is 0. The molecule has 2 unspecified atom stereocenters. The molecule has 0 radical (unpaired) electrons. The molecule has 4 nitrogen and oxygen atoms in total. The van der Waals surface area contributed by atoms with Gasteiger partial charge < -0.3 is 15.2 Å². The molecule has 0 heterocycles. The first-order valence-electron chi connectivity index (χ1n) is 5.15. The fourth-order valence-corrected chi connectivity index (χ4v) is 1.34. The maximum atomic E-state index is 11.6. The van der Waals surface area contributed by atoms with E-state index in [0.29, 0.717) is 6.61 Å². The van der Waals surface area contributed by atoms with Crippen LogP contribution < -0.4 is 5.73 Å². The zero-order valence-electron chi connectivity index (χ0n) is 9.55. The summed E-state index contributed by atoms with van der Waals surface area (Å²) in [6, 6.07) is 8.40. The lowest BCUT2D eigenvalue weighted by atomic mass is 10.1. The van der Waals surface area contributed by atoms with Gasteiger partial charge >= 0.3 is 5.97 Å². The van der Waals surface area contributed by atoms with Gasteiger partial charge in [0.25, 0.3) is 0 Å². The maximum absolute atomic E-state index is 11.6. The predicted octanol–water partition coefficient (Wildman–Crippen LogP) is 1.26. The molecule has 0 aliphatic carbocycles. The molecule has 0 bridgehead atoms. The van der Waals surface area contributed by atoms with Crippen molar-refractivity contribution in [2.45, 2.75) is 19.1 Å². The normalized spacial score (nSPS) is 14.2. The smallest absolute Gasteiger partial charge is 0.327 e. The SMILES string of the molecule is COCC(C)OC(=O)C(N)c1ccccc1. The number of ether oxygens (including phenoxy) is 2. The summed E-state index contributed by atoms with van der Waals surface area (Å²) in [5.74, 6) is -0.434. The van der Waals surface area contributed by atoms with Gasteiger partial charge in [-0.2, -0.15) is 0 Å². The van der Waals surface area contributed by atoms with Gasteiger partial charge in [-0.25, -0.2) is 4.79 Å². The molecule has 0 fully saturated rings. The van der Waals surface area contributed by atoms with Crippen LogP contribution in [0.2, 0.25) is 0 Å². The van der Waals surface area contributed by atoms with Crippen molar-refractivity contribution in [1.82, 2.24) is 0 Å². The lowest BCUT2D eigenvalue weighted by molar-refractivity contribution is -0.152. The van der Waals surface area contributed by atoms with Gasteiger partial charge in [-0.15, -0.1) is 0 Å². The monoisotopic (exact) mass is 223 g/mol. The van der Waals surface area contributed by atoms with Gasteiger partial charge in [0, 0.05) is 7.11 Å². The summed E-state index contributed by atoms with van der Waals surface area (Å²) in [7, 11) is 1.56. The van der Waals surface area contributed by atoms with Crippen molar-refractivity contribution in [3.8, 4) is 0 Å². The lowest BCUT2D eigenvalue weighted by Crippen LogP contribution is -2.28. The Morgan fingerprint density at radius 3 is 2.56 bits per heavy atom. The number of methoxy groups -OCH3 is 1. The Kier molecular flexibility index (Phi) is 4.95. The quantitative estimate of drug-likeness (QED) is 0.763. The second-order valence-corrected chi connectivity index (χ2v) is 3.59. The molecule has 0 amide bonds. The number of esters is 1. The maximum Gasteiger partial charge on any atom is 0.327 e. The predicted molar refractivity (Wildman–Crippen MR) is 60.8 cm³/mol. The fourth-order valence-electron chi connectivity index (χ4n) is 1.34. The van der Waals surface area contributed by atoms with Crippen LogP contribution in [-0.2, 0) is 14.3 Å². The molecule has 0 spiro atoms. The highest BCUT2D eigenvalue weighted by Gasteiger charge is 2.19. The summed E-state index contributed by atoms with van der Waals surface area (Å²) in [6.07, 6.45) is -0.285.